The first kappa shape index (κ1) is 20.8. The molecule has 2 aliphatic rings. The Balaban J connectivity index is 1.20. The third-order valence-corrected chi connectivity index (χ3v) is 7.43. The van der Waals surface area contributed by atoms with Crippen LogP contribution in [0.25, 0.3) is 11.0 Å². The van der Waals surface area contributed by atoms with E-state index in [0.29, 0.717) is 36.6 Å². The summed E-state index contributed by atoms with van der Waals surface area (Å²) in [5.74, 6) is 1.25. The summed E-state index contributed by atoms with van der Waals surface area (Å²) in [6.07, 6.45) is 5.65. The summed E-state index contributed by atoms with van der Waals surface area (Å²) in [7, 11) is 0. The zero-order valence-electron chi connectivity index (χ0n) is 17.6. The minimum Gasteiger partial charge on any atom is -0.609 e. The predicted molar refractivity (Wildman–Crippen MR) is 117 cm³/mol. The standard InChI is InChI=1S/C23H27N3O4S/c1-16-20(15-31(27)22-25-18-4-2-3-5-19(18)26-22)24-11-8-21(16)28-14-17-6-9-23(10-7-17)29-12-13-30-23/h2-5,8,11,17H,6-7,9-10,12-15H2,1H3,(H,25,26). The summed E-state index contributed by atoms with van der Waals surface area (Å²) in [6.45, 7) is 4.04. The van der Waals surface area contributed by atoms with Crippen molar-refractivity contribution in [3.63, 3.8) is 0 Å². The second-order valence-corrected chi connectivity index (χ2v) is 9.66. The Morgan fingerprint density at radius 2 is 1.97 bits per heavy atom. The third-order valence-electron chi connectivity index (χ3n) is 6.26. The molecule has 3 heterocycles. The number of aromatic nitrogens is 3. The fourth-order valence-corrected chi connectivity index (χ4v) is 5.47. The lowest BCUT2D eigenvalue weighted by Gasteiger charge is -2.35. The molecule has 1 unspecified atom stereocenters. The smallest absolute Gasteiger partial charge is 0.322 e. The molecule has 1 atom stereocenters. The van der Waals surface area contributed by atoms with Crippen LogP contribution < -0.4 is 4.74 Å². The Morgan fingerprint density at radius 1 is 1.19 bits per heavy atom. The number of nitrogens with one attached hydrogen (secondary N) is 1. The van der Waals surface area contributed by atoms with Gasteiger partial charge in [0, 0.05) is 35.8 Å². The number of benzene rings is 1. The van der Waals surface area contributed by atoms with Gasteiger partial charge in [-0.05, 0) is 43.9 Å². The van der Waals surface area contributed by atoms with Crippen LogP contribution in [0.1, 0.15) is 36.9 Å². The van der Waals surface area contributed by atoms with Crippen LogP contribution in [0.3, 0.4) is 0 Å². The van der Waals surface area contributed by atoms with Crippen molar-refractivity contribution < 1.29 is 18.8 Å². The molecule has 1 aliphatic heterocycles. The molecule has 164 valence electrons. The molecule has 5 rings (SSSR count). The quantitative estimate of drug-likeness (QED) is 0.584. The third kappa shape index (κ3) is 4.43. The van der Waals surface area contributed by atoms with Gasteiger partial charge in [0.25, 0.3) is 0 Å². The zero-order valence-corrected chi connectivity index (χ0v) is 18.5. The fourth-order valence-electron chi connectivity index (χ4n) is 4.37. The maximum absolute atomic E-state index is 12.9. The first-order valence-corrected chi connectivity index (χ1v) is 12.1. The molecular weight excluding hydrogens is 414 g/mol. The maximum Gasteiger partial charge on any atom is 0.322 e. The van der Waals surface area contributed by atoms with E-state index in [1.807, 2.05) is 37.3 Å². The zero-order chi connectivity index (χ0) is 21.3. The van der Waals surface area contributed by atoms with E-state index in [1.54, 1.807) is 6.20 Å². The fraction of sp³-hybridized carbons (Fsp3) is 0.478. The van der Waals surface area contributed by atoms with E-state index in [1.165, 1.54) is 0 Å². The molecule has 1 aromatic carbocycles. The molecule has 3 aromatic rings. The van der Waals surface area contributed by atoms with Crippen molar-refractivity contribution in [2.75, 3.05) is 19.8 Å². The number of H-pyrrole nitrogens is 1. The Bertz CT molecular complexity index is 1010. The SMILES string of the molecule is Cc1c(OCC2CCC3(CC2)OCCO3)ccnc1C[S+]([O-])c1nc2ccccc2[nH]1. The van der Waals surface area contributed by atoms with E-state index < -0.39 is 11.2 Å². The molecule has 0 radical (unpaired) electrons. The molecule has 2 aromatic heterocycles. The lowest BCUT2D eigenvalue weighted by Crippen LogP contribution is -2.36. The van der Waals surface area contributed by atoms with Gasteiger partial charge in [0.2, 0.25) is 0 Å². The highest BCUT2D eigenvalue weighted by Crippen LogP contribution is 2.38. The molecule has 1 saturated heterocycles. The average Bonchev–Trinajstić information content (AvgIpc) is 3.43. The van der Waals surface area contributed by atoms with E-state index in [-0.39, 0.29) is 5.79 Å². The number of ether oxygens (including phenoxy) is 3. The van der Waals surface area contributed by atoms with Crippen molar-refractivity contribution in [2.45, 2.75) is 49.3 Å². The summed E-state index contributed by atoms with van der Waals surface area (Å²) >= 11 is -1.31. The molecule has 0 amide bonds. The van der Waals surface area contributed by atoms with Crippen LogP contribution in [0.2, 0.25) is 0 Å². The Hall–Kier alpha value is -2.13. The summed E-state index contributed by atoms with van der Waals surface area (Å²) < 4.78 is 30.7. The van der Waals surface area contributed by atoms with E-state index in [9.17, 15) is 4.55 Å². The highest BCUT2D eigenvalue weighted by atomic mass is 32.2. The Morgan fingerprint density at radius 3 is 2.74 bits per heavy atom. The lowest BCUT2D eigenvalue weighted by molar-refractivity contribution is -0.183. The highest BCUT2D eigenvalue weighted by molar-refractivity contribution is 7.90. The van der Waals surface area contributed by atoms with Crippen molar-refractivity contribution in [3.8, 4) is 5.75 Å². The van der Waals surface area contributed by atoms with Crippen LogP contribution in [-0.4, -0.2) is 45.1 Å². The molecule has 8 heteroatoms. The van der Waals surface area contributed by atoms with Gasteiger partial charge >= 0.3 is 5.16 Å². The molecule has 31 heavy (non-hydrogen) atoms. The average molecular weight is 442 g/mol. The van der Waals surface area contributed by atoms with Crippen LogP contribution in [0.4, 0.5) is 0 Å². The number of nitrogens with zero attached hydrogens (tertiary/aromatic N) is 2. The van der Waals surface area contributed by atoms with Gasteiger partial charge in [0.1, 0.15) is 5.75 Å². The van der Waals surface area contributed by atoms with E-state index >= 15 is 0 Å². The summed E-state index contributed by atoms with van der Waals surface area (Å²) in [4.78, 5) is 12.1. The monoisotopic (exact) mass is 441 g/mol. The number of rotatable bonds is 6. The topological polar surface area (TPSA) is 92.3 Å². The summed E-state index contributed by atoms with van der Waals surface area (Å²) in [5.41, 5.74) is 3.40. The van der Waals surface area contributed by atoms with Crippen molar-refractivity contribution in [1.29, 1.82) is 0 Å². The number of imidazole rings is 1. The van der Waals surface area contributed by atoms with Crippen LogP contribution >= 0.6 is 0 Å². The summed E-state index contributed by atoms with van der Waals surface area (Å²) in [6, 6.07) is 9.57. The van der Waals surface area contributed by atoms with E-state index in [0.717, 1.165) is 53.7 Å². The molecule has 0 bridgehead atoms. The van der Waals surface area contributed by atoms with Gasteiger partial charge in [-0.15, -0.1) is 0 Å². The largest absolute Gasteiger partial charge is 0.609 e. The van der Waals surface area contributed by atoms with Gasteiger partial charge in [0.05, 0.1) is 36.5 Å². The van der Waals surface area contributed by atoms with Crippen LogP contribution in [0.15, 0.2) is 41.7 Å². The lowest BCUT2D eigenvalue weighted by atomic mass is 9.85. The molecule has 1 N–H and O–H groups in total. The second kappa shape index (κ2) is 8.78. The first-order chi connectivity index (χ1) is 15.1. The highest BCUT2D eigenvalue weighted by Gasteiger charge is 2.40. The van der Waals surface area contributed by atoms with Gasteiger partial charge in [-0.3, -0.25) is 9.97 Å². The number of fused-ring (bicyclic) bond motifs is 1. The number of hydrogen-bond acceptors (Lipinski definition) is 6. The molecule has 1 aliphatic carbocycles. The normalized spacial score (nSPS) is 19.8. The minimum atomic E-state index is -1.31. The van der Waals surface area contributed by atoms with E-state index in [2.05, 4.69) is 15.0 Å². The number of pyridine rings is 1. The number of hydrogen-bond donors (Lipinski definition) is 1. The van der Waals surface area contributed by atoms with Crippen molar-refractivity contribution >= 4 is 22.2 Å². The van der Waals surface area contributed by atoms with Gasteiger partial charge in [0.15, 0.2) is 11.5 Å². The van der Waals surface area contributed by atoms with Crippen LogP contribution in [0.5, 0.6) is 5.75 Å². The van der Waals surface area contributed by atoms with Crippen LogP contribution in [-0.2, 0) is 26.4 Å². The second-order valence-electron chi connectivity index (χ2n) is 8.29. The van der Waals surface area contributed by atoms with Crippen molar-refractivity contribution in [2.24, 2.45) is 5.92 Å². The van der Waals surface area contributed by atoms with E-state index in [4.69, 9.17) is 14.2 Å². The number of aromatic amines is 1. The van der Waals surface area contributed by atoms with Gasteiger partial charge in [-0.25, -0.2) is 0 Å². The Kier molecular flexibility index (Phi) is 5.88. The summed E-state index contributed by atoms with van der Waals surface area (Å²) in [5, 5.41) is 0.473. The number of para-hydroxylation sites is 2. The first-order valence-electron chi connectivity index (χ1n) is 10.8. The molecule has 1 spiro atoms. The van der Waals surface area contributed by atoms with Gasteiger partial charge in [-0.2, -0.15) is 4.98 Å². The van der Waals surface area contributed by atoms with Gasteiger partial charge < -0.3 is 18.8 Å². The van der Waals surface area contributed by atoms with Crippen molar-refractivity contribution in [1.82, 2.24) is 15.0 Å². The predicted octanol–water partition coefficient (Wildman–Crippen LogP) is 3.89. The maximum atomic E-state index is 12.9. The molecule has 7 nitrogen and oxygen atoms in total. The van der Waals surface area contributed by atoms with Crippen LogP contribution in [0, 0.1) is 12.8 Å². The molecule has 1 saturated carbocycles. The minimum absolute atomic E-state index is 0.295. The van der Waals surface area contributed by atoms with Gasteiger partial charge in [-0.1, -0.05) is 12.1 Å². The molecular formula is C23H27N3O4S. The molecule has 2 fully saturated rings. The van der Waals surface area contributed by atoms with Crippen molar-refractivity contribution in [3.05, 3.63) is 47.8 Å². The Labute approximate surface area is 184 Å².